The minimum atomic E-state index is -0.978. The lowest BCUT2D eigenvalue weighted by Gasteiger charge is -2.41. The van der Waals surface area contributed by atoms with Gasteiger partial charge in [-0.3, -0.25) is 19.8 Å². The maximum absolute atomic E-state index is 12.7. The van der Waals surface area contributed by atoms with Gasteiger partial charge >= 0.3 is 6.03 Å². The van der Waals surface area contributed by atoms with E-state index in [1.54, 1.807) is 0 Å². The molecule has 0 aromatic rings. The summed E-state index contributed by atoms with van der Waals surface area (Å²) in [6.45, 7) is 1.32. The van der Waals surface area contributed by atoms with Gasteiger partial charge in [0.1, 0.15) is 5.41 Å². The smallest absolute Gasteiger partial charge is 0.309 e. The number of urea groups is 1. The van der Waals surface area contributed by atoms with Crippen molar-refractivity contribution in [3.63, 3.8) is 0 Å². The first-order chi connectivity index (χ1) is 9.97. The Kier molecular flexibility index (Phi) is 4.98. The monoisotopic (exact) mass is 295 g/mol. The van der Waals surface area contributed by atoms with E-state index in [2.05, 4.69) is 10.2 Å². The van der Waals surface area contributed by atoms with Crippen molar-refractivity contribution in [1.82, 2.24) is 15.1 Å². The molecule has 1 spiro atoms. The second-order valence-corrected chi connectivity index (χ2v) is 6.37. The predicted octanol–water partition coefficient (Wildman–Crippen LogP) is 1.36. The van der Waals surface area contributed by atoms with Crippen LogP contribution in [0.1, 0.15) is 44.9 Å². The van der Waals surface area contributed by atoms with Gasteiger partial charge in [-0.05, 0) is 46.3 Å². The van der Waals surface area contributed by atoms with Crippen LogP contribution in [0.5, 0.6) is 0 Å². The van der Waals surface area contributed by atoms with E-state index in [0.29, 0.717) is 19.4 Å². The molecule has 0 aromatic carbocycles. The molecule has 1 N–H and O–H groups in total. The van der Waals surface area contributed by atoms with Crippen molar-refractivity contribution in [2.45, 2.75) is 44.9 Å². The molecule has 0 bridgehead atoms. The lowest BCUT2D eigenvalue weighted by Crippen LogP contribution is -2.64. The zero-order chi connectivity index (χ0) is 15.5. The Labute approximate surface area is 125 Å². The summed E-state index contributed by atoms with van der Waals surface area (Å²) >= 11 is 0. The van der Waals surface area contributed by atoms with E-state index in [1.165, 1.54) is 4.90 Å². The van der Waals surface area contributed by atoms with E-state index in [4.69, 9.17) is 0 Å². The van der Waals surface area contributed by atoms with E-state index in [0.717, 1.165) is 38.6 Å². The molecule has 118 valence electrons. The third-order valence-electron chi connectivity index (χ3n) is 4.50. The number of unbranched alkanes of at least 4 members (excludes halogenated alkanes) is 1. The summed E-state index contributed by atoms with van der Waals surface area (Å²) < 4.78 is 0. The third-order valence-corrected chi connectivity index (χ3v) is 4.50. The number of barbiturate groups is 1. The molecule has 1 saturated carbocycles. The minimum Gasteiger partial charge on any atom is -0.309 e. The van der Waals surface area contributed by atoms with Crippen molar-refractivity contribution in [3.8, 4) is 0 Å². The van der Waals surface area contributed by atoms with Crippen molar-refractivity contribution in [2.75, 3.05) is 27.2 Å². The Balaban J connectivity index is 2.01. The summed E-state index contributed by atoms with van der Waals surface area (Å²) in [5.74, 6) is -0.664. The van der Waals surface area contributed by atoms with Crippen LogP contribution in [0.4, 0.5) is 4.79 Å². The Morgan fingerprint density at radius 2 is 1.76 bits per heavy atom. The molecule has 1 heterocycles. The van der Waals surface area contributed by atoms with Gasteiger partial charge in [-0.25, -0.2) is 4.79 Å². The fourth-order valence-electron chi connectivity index (χ4n) is 3.23. The van der Waals surface area contributed by atoms with Crippen LogP contribution in [-0.2, 0) is 9.59 Å². The highest BCUT2D eigenvalue weighted by Crippen LogP contribution is 2.40. The van der Waals surface area contributed by atoms with Crippen molar-refractivity contribution in [3.05, 3.63) is 0 Å². The Bertz CT molecular complexity index is 428. The number of hydrogen-bond donors (Lipinski definition) is 1. The number of hydrogen-bond acceptors (Lipinski definition) is 4. The average Bonchev–Trinajstić information content (AvgIpc) is 2.45. The first-order valence-electron chi connectivity index (χ1n) is 7.79. The molecular formula is C15H25N3O3. The average molecular weight is 295 g/mol. The molecule has 0 aromatic heterocycles. The lowest BCUT2D eigenvalue weighted by molar-refractivity contribution is -0.153. The summed E-state index contributed by atoms with van der Waals surface area (Å²) in [5, 5.41) is 2.39. The minimum absolute atomic E-state index is 0.277. The molecule has 6 heteroatoms. The fourth-order valence-corrected chi connectivity index (χ4v) is 3.23. The van der Waals surface area contributed by atoms with Crippen molar-refractivity contribution in [2.24, 2.45) is 5.41 Å². The summed E-state index contributed by atoms with van der Waals surface area (Å²) in [6, 6.07) is -0.550. The molecule has 2 fully saturated rings. The quantitative estimate of drug-likeness (QED) is 0.614. The maximum Gasteiger partial charge on any atom is 0.330 e. The van der Waals surface area contributed by atoms with Crippen LogP contribution < -0.4 is 5.32 Å². The van der Waals surface area contributed by atoms with E-state index in [-0.39, 0.29) is 11.8 Å². The predicted molar refractivity (Wildman–Crippen MR) is 78.6 cm³/mol. The number of rotatable bonds is 5. The summed E-state index contributed by atoms with van der Waals surface area (Å²) in [5.41, 5.74) is -0.978. The molecule has 6 nitrogen and oxygen atoms in total. The van der Waals surface area contributed by atoms with E-state index in [1.807, 2.05) is 14.1 Å². The number of amides is 4. The number of nitrogens with one attached hydrogen (secondary N) is 1. The van der Waals surface area contributed by atoms with Crippen molar-refractivity contribution >= 4 is 17.8 Å². The molecule has 1 aliphatic heterocycles. The van der Waals surface area contributed by atoms with Gasteiger partial charge in [0.05, 0.1) is 0 Å². The van der Waals surface area contributed by atoms with E-state index >= 15 is 0 Å². The Hall–Kier alpha value is -1.43. The Morgan fingerprint density at radius 1 is 1.10 bits per heavy atom. The molecule has 1 aliphatic carbocycles. The zero-order valence-electron chi connectivity index (χ0n) is 13.0. The topological polar surface area (TPSA) is 69.7 Å². The van der Waals surface area contributed by atoms with E-state index < -0.39 is 11.4 Å². The molecule has 0 atom stereocenters. The second kappa shape index (κ2) is 6.56. The number of carbonyl (C=O) groups is 3. The largest absolute Gasteiger partial charge is 0.330 e. The van der Waals surface area contributed by atoms with Gasteiger partial charge in [-0.1, -0.05) is 19.3 Å². The van der Waals surface area contributed by atoms with Crippen molar-refractivity contribution < 1.29 is 14.4 Å². The summed E-state index contributed by atoms with van der Waals surface area (Å²) in [7, 11) is 3.99. The van der Waals surface area contributed by atoms with Crippen molar-refractivity contribution in [1.29, 1.82) is 0 Å². The highest BCUT2D eigenvalue weighted by molar-refractivity contribution is 6.19. The fraction of sp³-hybridized carbons (Fsp3) is 0.800. The van der Waals surface area contributed by atoms with Gasteiger partial charge in [-0.15, -0.1) is 0 Å². The second-order valence-electron chi connectivity index (χ2n) is 6.37. The lowest BCUT2D eigenvalue weighted by atomic mass is 9.71. The molecule has 0 radical (unpaired) electrons. The molecule has 2 aliphatic rings. The first kappa shape index (κ1) is 15.9. The normalized spacial score (nSPS) is 22.0. The van der Waals surface area contributed by atoms with Gasteiger partial charge in [0.2, 0.25) is 11.8 Å². The van der Waals surface area contributed by atoms with Gasteiger partial charge in [0, 0.05) is 6.54 Å². The molecular weight excluding hydrogens is 270 g/mol. The summed E-state index contributed by atoms with van der Waals surface area (Å²) in [6.07, 6.45) is 5.63. The first-order valence-corrected chi connectivity index (χ1v) is 7.79. The van der Waals surface area contributed by atoms with Crippen LogP contribution in [0, 0.1) is 5.41 Å². The molecule has 21 heavy (non-hydrogen) atoms. The summed E-state index contributed by atoms with van der Waals surface area (Å²) in [4.78, 5) is 40.1. The molecule has 0 unspecified atom stereocenters. The maximum atomic E-state index is 12.7. The molecule has 4 amide bonds. The SMILES string of the molecule is CN(C)CCCCN1C(=O)NC(=O)C2(CCCCC2)C1=O. The van der Waals surface area contributed by atoms with Crippen LogP contribution in [0.2, 0.25) is 0 Å². The third kappa shape index (κ3) is 3.26. The number of imide groups is 2. The van der Waals surface area contributed by atoms with Crippen LogP contribution >= 0.6 is 0 Å². The number of nitrogens with zero attached hydrogens (tertiary/aromatic N) is 2. The highest BCUT2D eigenvalue weighted by atomic mass is 16.2. The standard InChI is InChI=1S/C15H25N3O3/c1-17(2)10-6-7-11-18-13(20)15(8-4-3-5-9-15)12(19)16-14(18)21/h3-11H2,1-2H3,(H,16,19,21). The zero-order valence-corrected chi connectivity index (χ0v) is 13.0. The van der Waals surface area contributed by atoms with Gasteiger partial charge in [-0.2, -0.15) is 0 Å². The van der Waals surface area contributed by atoms with Crippen LogP contribution in [-0.4, -0.2) is 54.8 Å². The molecule has 1 saturated heterocycles. The number of carbonyl (C=O) groups excluding carboxylic acids is 3. The van der Waals surface area contributed by atoms with Gasteiger partial charge < -0.3 is 4.90 Å². The highest BCUT2D eigenvalue weighted by Gasteiger charge is 2.53. The van der Waals surface area contributed by atoms with E-state index in [9.17, 15) is 14.4 Å². The molecule has 2 rings (SSSR count). The Morgan fingerprint density at radius 3 is 2.38 bits per heavy atom. The van der Waals surface area contributed by atoms with Crippen LogP contribution in [0.25, 0.3) is 0 Å². The van der Waals surface area contributed by atoms with Gasteiger partial charge in [0.25, 0.3) is 0 Å². The van der Waals surface area contributed by atoms with Crippen LogP contribution in [0.15, 0.2) is 0 Å². The van der Waals surface area contributed by atoms with Gasteiger partial charge in [0.15, 0.2) is 0 Å². The van der Waals surface area contributed by atoms with Crippen LogP contribution in [0.3, 0.4) is 0 Å².